The molecule has 0 saturated carbocycles. The normalized spacial score (nSPS) is 10.5. The number of aryl methyl sites for hydroxylation is 1. The minimum atomic E-state index is 0.751. The molecule has 2 heterocycles. The Balaban J connectivity index is 2.20. The van der Waals surface area contributed by atoms with Crippen LogP contribution in [0, 0.1) is 6.92 Å². The topological polar surface area (TPSA) is 42.1 Å². The zero-order chi connectivity index (χ0) is 12.3. The molecule has 0 aliphatic heterocycles. The third kappa shape index (κ3) is 2.77. The van der Waals surface area contributed by atoms with Gasteiger partial charge in [-0.25, -0.2) is 4.98 Å². The minimum Gasteiger partial charge on any atom is -0.397 e. The molecule has 0 saturated heterocycles. The predicted octanol–water partition coefficient (Wildman–Crippen LogP) is 3.06. The number of anilines is 2. The molecule has 2 N–H and O–H groups in total. The third-order valence-electron chi connectivity index (χ3n) is 2.77. The standard InChI is InChI=1S/C13H17N3S/c1-3-16(9-11-5-4-6-17-11)13-7-10(2)12(14)8-15-13/h4-8H,3,9,14H2,1-2H3. The lowest BCUT2D eigenvalue weighted by molar-refractivity contribution is 0.823. The van der Waals surface area contributed by atoms with E-state index in [9.17, 15) is 0 Å². The van der Waals surface area contributed by atoms with Gasteiger partial charge in [0.25, 0.3) is 0 Å². The van der Waals surface area contributed by atoms with E-state index in [0.717, 1.165) is 30.2 Å². The van der Waals surface area contributed by atoms with Gasteiger partial charge in [-0.05, 0) is 36.9 Å². The highest BCUT2D eigenvalue weighted by atomic mass is 32.1. The first-order valence-corrected chi connectivity index (χ1v) is 6.58. The van der Waals surface area contributed by atoms with Crippen LogP contribution in [-0.4, -0.2) is 11.5 Å². The Morgan fingerprint density at radius 2 is 2.29 bits per heavy atom. The maximum atomic E-state index is 5.79. The van der Waals surface area contributed by atoms with E-state index in [1.807, 2.05) is 13.0 Å². The van der Waals surface area contributed by atoms with Gasteiger partial charge in [0.15, 0.2) is 0 Å². The van der Waals surface area contributed by atoms with Gasteiger partial charge in [0.05, 0.1) is 18.4 Å². The number of nitrogens with two attached hydrogens (primary N) is 1. The maximum absolute atomic E-state index is 5.79. The zero-order valence-electron chi connectivity index (χ0n) is 10.2. The number of nitrogens with zero attached hydrogens (tertiary/aromatic N) is 2. The van der Waals surface area contributed by atoms with Crippen molar-refractivity contribution in [3.05, 3.63) is 40.2 Å². The van der Waals surface area contributed by atoms with E-state index < -0.39 is 0 Å². The molecule has 2 aromatic rings. The van der Waals surface area contributed by atoms with Gasteiger partial charge in [-0.15, -0.1) is 11.3 Å². The second-order valence-corrected chi connectivity index (χ2v) is 5.02. The van der Waals surface area contributed by atoms with Gasteiger partial charge in [-0.2, -0.15) is 0 Å². The molecule has 3 nitrogen and oxygen atoms in total. The summed E-state index contributed by atoms with van der Waals surface area (Å²) in [6.45, 7) is 6.00. The summed E-state index contributed by atoms with van der Waals surface area (Å²) in [4.78, 5) is 7.99. The third-order valence-corrected chi connectivity index (χ3v) is 3.63. The largest absolute Gasteiger partial charge is 0.397 e. The average Bonchev–Trinajstić information content (AvgIpc) is 2.82. The van der Waals surface area contributed by atoms with E-state index in [4.69, 9.17) is 5.73 Å². The molecule has 0 fully saturated rings. The van der Waals surface area contributed by atoms with E-state index in [1.165, 1.54) is 4.88 Å². The average molecular weight is 247 g/mol. The first kappa shape index (κ1) is 11.9. The van der Waals surface area contributed by atoms with Gasteiger partial charge >= 0.3 is 0 Å². The number of pyridine rings is 1. The molecule has 0 aromatic carbocycles. The molecule has 0 bridgehead atoms. The lowest BCUT2D eigenvalue weighted by Crippen LogP contribution is -2.22. The van der Waals surface area contributed by atoms with Crippen LogP contribution in [0.25, 0.3) is 0 Å². The van der Waals surface area contributed by atoms with Crippen LogP contribution in [-0.2, 0) is 6.54 Å². The van der Waals surface area contributed by atoms with Gasteiger partial charge in [-0.3, -0.25) is 0 Å². The molecular formula is C13H17N3S. The predicted molar refractivity (Wildman–Crippen MR) is 74.4 cm³/mol. The second-order valence-electron chi connectivity index (χ2n) is 3.99. The number of hydrogen-bond acceptors (Lipinski definition) is 4. The van der Waals surface area contributed by atoms with Crippen molar-refractivity contribution in [3.8, 4) is 0 Å². The molecule has 0 spiro atoms. The fraction of sp³-hybridized carbons (Fsp3) is 0.308. The molecule has 17 heavy (non-hydrogen) atoms. The van der Waals surface area contributed by atoms with Crippen molar-refractivity contribution in [2.75, 3.05) is 17.2 Å². The molecule has 2 aromatic heterocycles. The molecule has 90 valence electrons. The SMILES string of the molecule is CCN(Cc1cccs1)c1cc(C)c(N)cn1. The number of thiophene rings is 1. The lowest BCUT2D eigenvalue weighted by atomic mass is 10.2. The number of nitrogen functional groups attached to an aromatic ring is 1. The Bertz CT molecular complexity index is 479. The molecule has 0 aliphatic carbocycles. The summed E-state index contributed by atoms with van der Waals surface area (Å²) < 4.78 is 0. The fourth-order valence-electron chi connectivity index (χ4n) is 1.67. The molecular weight excluding hydrogens is 230 g/mol. The van der Waals surface area contributed by atoms with Crippen molar-refractivity contribution >= 4 is 22.8 Å². The van der Waals surface area contributed by atoms with Gasteiger partial charge in [0.1, 0.15) is 5.82 Å². The summed E-state index contributed by atoms with van der Waals surface area (Å²) in [7, 11) is 0. The minimum absolute atomic E-state index is 0.751. The van der Waals surface area contributed by atoms with E-state index >= 15 is 0 Å². The highest BCUT2D eigenvalue weighted by molar-refractivity contribution is 7.09. The number of aromatic nitrogens is 1. The van der Waals surface area contributed by atoms with Crippen LogP contribution in [0.5, 0.6) is 0 Å². The smallest absolute Gasteiger partial charge is 0.129 e. The van der Waals surface area contributed by atoms with Crippen molar-refractivity contribution in [2.45, 2.75) is 20.4 Å². The van der Waals surface area contributed by atoms with E-state index in [-0.39, 0.29) is 0 Å². The summed E-state index contributed by atoms with van der Waals surface area (Å²) in [6, 6.07) is 6.28. The maximum Gasteiger partial charge on any atom is 0.129 e. The summed E-state index contributed by atoms with van der Waals surface area (Å²) in [5.41, 5.74) is 7.62. The highest BCUT2D eigenvalue weighted by Gasteiger charge is 2.08. The molecule has 0 aliphatic rings. The quantitative estimate of drug-likeness (QED) is 0.903. The fourth-order valence-corrected chi connectivity index (χ4v) is 2.39. The van der Waals surface area contributed by atoms with E-state index in [2.05, 4.69) is 34.3 Å². The number of rotatable bonds is 4. The summed E-state index contributed by atoms with van der Waals surface area (Å²) in [5, 5.41) is 2.10. The van der Waals surface area contributed by atoms with Gasteiger partial charge in [0.2, 0.25) is 0 Å². The summed E-state index contributed by atoms with van der Waals surface area (Å²) in [6.07, 6.45) is 1.74. The van der Waals surface area contributed by atoms with Crippen molar-refractivity contribution < 1.29 is 0 Å². The highest BCUT2D eigenvalue weighted by Crippen LogP contribution is 2.20. The van der Waals surface area contributed by atoms with Crippen LogP contribution in [0.15, 0.2) is 29.8 Å². The van der Waals surface area contributed by atoms with Crippen LogP contribution in [0.2, 0.25) is 0 Å². The van der Waals surface area contributed by atoms with Gasteiger partial charge < -0.3 is 10.6 Å². The lowest BCUT2D eigenvalue weighted by Gasteiger charge is -2.21. The summed E-state index contributed by atoms with van der Waals surface area (Å²) in [5.74, 6) is 0.993. The van der Waals surface area contributed by atoms with Crippen LogP contribution in [0.1, 0.15) is 17.4 Å². The Morgan fingerprint density at radius 3 is 2.88 bits per heavy atom. The molecule has 2 rings (SSSR count). The second kappa shape index (κ2) is 5.19. The zero-order valence-corrected chi connectivity index (χ0v) is 11.0. The first-order chi connectivity index (χ1) is 8.20. The van der Waals surface area contributed by atoms with E-state index in [0.29, 0.717) is 0 Å². The molecule has 0 unspecified atom stereocenters. The van der Waals surface area contributed by atoms with Crippen LogP contribution >= 0.6 is 11.3 Å². The van der Waals surface area contributed by atoms with Crippen molar-refractivity contribution in [3.63, 3.8) is 0 Å². The van der Waals surface area contributed by atoms with Gasteiger partial charge in [-0.1, -0.05) is 6.07 Å². The Kier molecular flexibility index (Phi) is 3.64. The number of hydrogen-bond donors (Lipinski definition) is 1. The molecule has 0 radical (unpaired) electrons. The van der Waals surface area contributed by atoms with Crippen molar-refractivity contribution in [1.82, 2.24) is 4.98 Å². The van der Waals surface area contributed by atoms with Gasteiger partial charge in [0, 0.05) is 11.4 Å². The van der Waals surface area contributed by atoms with Crippen LogP contribution < -0.4 is 10.6 Å². The Morgan fingerprint density at radius 1 is 1.47 bits per heavy atom. The first-order valence-electron chi connectivity index (χ1n) is 5.70. The Labute approximate surface area is 106 Å². The summed E-state index contributed by atoms with van der Waals surface area (Å²) >= 11 is 1.77. The van der Waals surface area contributed by atoms with Crippen LogP contribution in [0.3, 0.4) is 0 Å². The van der Waals surface area contributed by atoms with Crippen LogP contribution in [0.4, 0.5) is 11.5 Å². The molecule has 0 atom stereocenters. The molecule has 4 heteroatoms. The monoisotopic (exact) mass is 247 g/mol. The molecule has 0 amide bonds. The Hall–Kier alpha value is -1.55. The van der Waals surface area contributed by atoms with Crippen molar-refractivity contribution in [2.24, 2.45) is 0 Å². The van der Waals surface area contributed by atoms with Crippen molar-refractivity contribution in [1.29, 1.82) is 0 Å². The van der Waals surface area contributed by atoms with E-state index in [1.54, 1.807) is 17.5 Å².